The summed E-state index contributed by atoms with van der Waals surface area (Å²) in [6.07, 6.45) is 1.48. The quantitative estimate of drug-likeness (QED) is 0.290. The minimum atomic E-state index is -0.716. The number of nitrogens with one attached hydrogen (secondary N) is 1. The normalized spacial score (nSPS) is 10.8. The lowest BCUT2D eigenvalue weighted by Crippen LogP contribution is -2.01. The number of nitro groups is 2. The summed E-state index contributed by atoms with van der Waals surface area (Å²) in [5, 5.41) is 26.0. The van der Waals surface area contributed by atoms with Crippen molar-refractivity contribution in [3.8, 4) is 5.75 Å². The van der Waals surface area contributed by atoms with Gasteiger partial charge in [0.1, 0.15) is 23.9 Å². The van der Waals surface area contributed by atoms with E-state index in [9.17, 15) is 24.6 Å². The van der Waals surface area contributed by atoms with Gasteiger partial charge in [0.2, 0.25) is 0 Å². The largest absolute Gasteiger partial charge is 0.488 e. The average molecular weight is 438 g/mol. The zero-order valence-electron chi connectivity index (χ0n) is 17.2. The molecule has 10 heteroatoms. The Labute approximate surface area is 182 Å². The van der Waals surface area contributed by atoms with Gasteiger partial charge in [0.05, 0.1) is 22.1 Å². The van der Waals surface area contributed by atoms with Gasteiger partial charge in [-0.25, -0.2) is 4.39 Å². The molecule has 3 rings (SSSR count). The summed E-state index contributed by atoms with van der Waals surface area (Å²) < 4.78 is 18.9. The van der Waals surface area contributed by atoms with Gasteiger partial charge >= 0.3 is 5.69 Å². The predicted octanol–water partition coefficient (Wildman–Crippen LogP) is 5.28. The lowest BCUT2D eigenvalue weighted by molar-refractivity contribution is -0.393. The molecule has 1 N–H and O–H groups in total. The third kappa shape index (κ3) is 5.42. The van der Waals surface area contributed by atoms with Gasteiger partial charge < -0.3 is 4.74 Å². The second kappa shape index (κ2) is 9.65. The number of aryl methyl sites for hydroxylation is 2. The van der Waals surface area contributed by atoms with Crippen LogP contribution in [-0.2, 0) is 6.61 Å². The molecule has 0 spiro atoms. The maximum Gasteiger partial charge on any atom is 0.301 e. The Morgan fingerprint density at radius 1 is 1.00 bits per heavy atom. The molecule has 0 saturated carbocycles. The highest BCUT2D eigenvalue weighted by Crippen LogP contribution is 2.29. The molecule has 0 aliphatic carbocycles. The molecule has 0 radical (unpaired) electrons. The predicted molar refractivity (Wildman–Crippen MR) is 118 cm³/mol. The van der Waals surface area contributed by atoms with Crippen molar-refractivity contribution in [2.45, 2.75) is 20.5 Å². The van der Waals surface area contributed by atoms with E-state index in [1.54, 1.807) is 12.1 Å². The maximum absolute atomic E-state index is 13.0. The molecule has 32 heavy (non-hydrogen) atoms. The van der Waals surface area contributed by atoms with E-state index in [1.165, 1.54) is 24.4 Å². The van der Waals surface area contributed by atoms with Gasteiger partial charge in [0, 0.05) is 6.07 Å². The molecule has 164 valence electrons. The van der Waals surface area contributed by atoms with E-state index in [2.05, 4.69) is 10.5 Å². The van der Waals surface area contributed by atoms with Crippen LogP contribution in [0.4, 0.5) is 21.5 Å². The van der Waals surface area contributed by atoms with Crippen LogP contribution < -0.4 is 10.2 Å². The van der Waals surface area contributed by atoms with Crippen LogP contribution in [0.5, 0.6) is 5.75 Å². The Morgan fingerprint density at radius 3 is 2.25 bits per heavy atom. The van der Waals surface area contributed by atoms with E-state index in [0.717, 1.165) is 34.4 Å². The van der Waals surface area contributed by atoms with Crippen LogP contribution in [0.15, 0.2) is 59.7 Å². The van der Waals surface area contributed by atoms with E-state index >= 15 is 0 Å². The van der Waals surface area contributed by atoms with Gasteiger partial charge in [-0.1, -0.05) is 12.1 Å². The van der Waals surface area contributed by atoms with E-state index in [4.69, 9.17) is 4.74 Å². The molecule has 3 aromatic rings. The number of halogens is 1. The van der Waals surface area contributed by atoms with Crippen molar-refractivity contribution >= 4 is 23.3 Å². The molecule has 0 aliphatic rings. The fourth-order valence-corrected chi connectivity index (χ4v) is 3.08. The number of hydrazone groups is 1. The first-order valence-electron chi connectivity index (χ1n) is 9.45. The number of benzene rings is 3. The third-order valence-corrected chi connectivity index (χ3v) is 4.57. The standard InChI is InChI=1S/C22H19FN4O5/c1-14-9-17(10-15(2)22(14)32-13-16-3-5-18(23)6-4-16)12-24-25-20-8-7-19(26(28)29)11-21(20)27(30)31/h3-12,25H,13H2,1-2H3/b24-12+. The second-order valence-corrected chi connectivity index (χ2v) is 6.98. The summed E-state index contributed by atoms with van der Waals surface area (Å²) in [6, 6.07) is 13.0. The minimum Gasteiger partial charge on any atom is -0.488 e. The average Bonchev–Trinajstić information content (AvgIpc) is 2.74. The van der Waals surface area contributed by atoms with Gasteiger partial charge in [-0.15, -0.1) is 0 Å². The highest BCUT2D eigenvalue weighted by Gasteiger charge is 2.19. The Balaban J connectivity index is 1.72. The number of ether oxygens (including phenoxy) is 1. The molecule has 0 aliphatic heterocycles. The van der Waals surface area contributed by atoms with Crippen molar-refractivity contribution < 1.29 is 19.0 Å². The zero-order valence-corrected chi connectivity index (χ0v) is 17.2. The Bertz CT molecular complexity index is 1170. The van der Waals surface area contributed by atoms with Crippen molar-refractivity contribution in [1.29, 1.82) is 0 Å². The van der Waals surface area contributed by atoms with Crippen molar-refractivity contribution in [2.75, 3.05) is 5.43 Å². The molecule has 0 heterocycles. The topological polar surface area (TPSA) is 120 Å². The minimum absolute atomic E-state index is 0.0320. The lowest BCUT2D eigenvalue weighted by Gasteiger charge is -2.13. The van der Waals surface area contributed by atoms with E-state index in [-0.39, 0.29) is 17.2 Å². The maximum atomic E-state index is 13.0. The molecule has 0 bridgehead atoms. The van der Waals surface area contributed by atoms with Gasteiger partial charge in [-0.3, -0.25) is 25.7 Å². The van der Waals surface area contributed by atoms with E-state index in [0.29, 0.717) is 12.4 Å². The number of nitrogens with zero attached hydrogens (tertiary/aromatic N) is 3. The molecule has 9 nitrogen and oxygen atoms in total. The van der Waals surface area contributed by atoms with Crippen LogP contribution in [-0.4, -0.2) is 16.1 Å². The molecule has 0 atom stereocenters. The second-order valence-electron chi connectivity index (χ2n) is 6.98. The Kier molecular flexibility index (Phi) is 6.74. The van der Waals surface area contributed by atoms with Crippen molar-refractivity contribution in [3.63, 3.8) is 0 Å². The number of anilines is 1. The summed E-state index contributed by atoms with van der Waals surface area (Å²) in [5.74, 6) is 0.392. The zero-order chi connectivity index (χ0) is 23.3. The SMILES string of the molecule is Cc1cc(/C=N/Nc2ccc([N+](=O)[O-])cc2[N+](=O)[O-])cc(C)c1OCc1ccc(F)cc1. The first kappa shape index (κ1) is 22.3. The summed E-state index contributed by atoms with van der Waals surface area (Å²) in [5.41, 5.74) is 5.04. The fraction of sp³-hybridized carbons (Fsp3) is 0.136. The van der Waals surface area contributed by atoms with Gasteiger partial charge in [0.25, 0.3) is 5.69 Å². The van der Waals surface area contributed by atoms with Gasteiger partial charge in [-0.05, 0) is 66.4 Å². The molecule has 0 fully saturated rings. The molecule has 0 amide bonds. The fourth-order valence-electron chi connectivity index (χ4n) is 3.08. The van der Waals surface area contributed by atoms with E-state index in [1.807, 2.05) is 26.0 Å². The Morgan fingerprint density at radius 2 is 1.66 bits per heavy atom. The number of hydrogen-bond acceptors (Lipinski definition) is 7. The van der Waals surface area contributed by atoms with Crippen LogP contribution in [0.3, 0.4) is 0 Å². The Hall–Kier alpha value is -4.34. The lowest BCUT2D eigenvalue weighted by atomic mass is 10.1. The monoisotopic (exact) mass is 438 g/mol. The van der Waals surface area contributed by atoms with Crippen LogP contribution in [0.25, 0.3) is 0 Å². The van der Waals surface area contributed by atoms with Crippen molar-refractivity contribution in [3.05, 3.63) is 103 Å². The van der Waals surface area contributed by atoms with Gasteiger partial charge in [-0.2, -0.15) is 5.10 Å². The molecular weight excluding hydrogens is 419 g/mol. The van der Waals surface area contributed by atoms with Gasteiger partial charge in [0.15, 0.2) is 0 Å². The highest BCUT2D eigenvalue weighted by atomic mass is 19.1. The first-order chi connectivity index (χ1) is 15.2. The smallest absolute Gasteiger partial charge is 0.301 e. The van der Waals surface area contributed by atoms with Crippen LogP contribution in [0, 0.1) is 39.9 Å². The third-order valence-electron chi connectivity index (χ3n) is 4.57. The summed E-state index contributed by atoms with van der Waals surface area (Å²) in [7, 11) is 0. The van der Waals surface area contributed by atoms with Crippen LogP contribution in [0.2, 0.25) is 0 Å². The number of nitro benzene ring substituents is 2. The number of non-ortho nitro benzene ring substituents is 1. The molecule has 0 aromatic heterocycles. The van der Waals surface area contributed by atoms with Crippen LogP contribution in [0.1, 0.15) is 22.3 Å². The number of hydrogen-bond donors (Lipinski definition) is 1. The number of rotatable bonds is 8. The molecular formula is C22H19FN4O5. The summed E-state index contributed by atoms with van der Waals surface area (Å²) >= 11 is 0. The summed E-state index contributed by atoms with van der Waals surface area (Å²) in [6.45, 7) is 4.04. The molecule has 0 saturated heterocycles. The molecule has 0 unspecified atom stereocenters. The highest BCUT2D eigenvalue weighted by molar-refractivity contribution is 5.82. The van der Waals surface area contributed by atoms with Crippen LogP contribution >= 0.6 is 0 Å². The van der Waals surface area contributed by atoms with Crippen molar-refractivity contribution in [2.24, 2.45) is 5.10 Å². The summed E-state index contributed by atoms with van der Waals surface area (Å²) in [4.78, 5) is 20.6. The first-order valence-corrected chi connectivity index (χ1v) is 9.45. The van der Waals surface area contributed by atoms with E-state index < -0.39 is 15.5 Å². The molecule has 3 aromatic carbocycles. The van der Waals surface area contributed by atoms with Crippen molar-refractivity contribution in [1.82, 2.24) is 0 Å².